The molecule has 2 amide bonds. The Hall–Kier alpha value is -3.06. The first-order chi connectivity index (χ1) is 16.6. The molecule has 2 aromatic carbocycles. The van der Waals surface area contributed by atoms with E-state index in [1.807, 2.05) is 0 Å². The molecule has 0 spiro atoms. The van der Waals surface area contributed by atoms with Crippen molar-refractivity contribution < 1.29 is 23.8 Å². The molecule has 0 atom stereocenters. The molecule has 5 rings (SSSR count). The third-order valence-electron chi connectivity index (χ3n) is 6.98. The van der Waals surface area contributed by atoms with E-state index in [-0.39, 0.29) is 17.9 Å². The van der Waals surface area contributed by atoms with E-state index in [2.05, 4.69) is 4.90 Å². The zero-order valence-electron chi connectivity index (χ0n) is 19.8. The summed E-state index contributed by atoms with van der Waals surface area (Å²) in [6, 6.07) is 10.4. The van der Waals surface area contributed by atoms with E-state index in [1.165, 1.54) is 37.0 Å². The molecule has 2 fully saturated rings. The zero-order valence-corrected chi connectivity index (χ0v) is 19.8. The summed E-state index contributed by atoms with van der Waals surface area (Å²) in [6.07, 6.45) is 8.31. The topological polar surface area (TPSA) is 68.3 Å². The fourth-order valence-electron chi connectivity index (χ4n) is 5.11. The Morgan fingerprint density at radius 3 is 2.38 bits per heavy atom. The highest BCUT2D eigenvalue weighted by atomic mass is 16.5. The van der Waals surface area contributed by atoms with Crippen LogP contribution in [0.3, 0.4) is 0 Å². The van der Waals surface area contributed by atoms with Gasteiger partial charge >= 0.3 is 0 Å². The summed E-state index contributed by atoms with van der Waals surface area (Å²) in [4.78, 5) is 29.9. The van der Waals surface area contributed by atoms with Crippen LogP contribution in [0.2, 0.25) is 0 Å². The van der Waals surface area contributed by atoms with Gasteiger partial charge in [0.2, 0.25) is 0 Å². The van der Waals surface area contributed by atoms with E-state index in [4.69, 9.17) is 14.2 Å². The molecule has 1 aliphatic carbocycles. The minimum absolute atomic E-state index is 0.178. The largest absolute Gasteiger partial charge is 0.493 e. The van der Waals surface area contributed by atoms with Gasteiger partial charge in [-0.15, -0.1) is 0 Å². The standard InChI is InChI=1S/C27H32N2O5/c1-32-25-17-19(9-12-24(25)33-16-15-28-13-5-6-14-28)29-26(30)22-11-10-21(18-23(22)27(29)31)34-20-7-3-2-4-8-20/h9-12,17-18,20H,2-8,13-16H2,1H3. The molecule has 180 valence electrons. The van der Waals surface area contributed by atoms with Gasteiger partial charge in [-0.2, -0.15) is 0 Å². The summed E-state index contributed by atoms with van der Waals surface area (Å²) >= 11 is 0. The van der Waals surface area contributed by atoms with Crippen LogP contribution in [-0.2, 0) is 0 Å². The number of carbonyl (C=O) groups excluding carboxylic acids is 2. The molecule has 34 heavy (non-hydrogen) atoms. The minimum Gasteiger partial charge on any atom is -0.493 e. The number of carbonyl (C=O) groups is 2. The summed E-state index contributed by atoms with van der Waals surface area (Å²) in [5.74, 6) is 1.06. The molecule has 7 heteroatoms. The first-order valence-corrected chi connectivity index (χ1v) is 12.4. The number of anilines is 1. The first kappa shape index (κ1) is 22.7. The zero-order chi connectivity index (χ0) is 23.5. The van der Waals surface area contributed by atoms with Crippen molar-refractivity contribution in [1.82, 2.24) is 4.90 Å². The Morgan fingerprint density at radius 1 is 0.853 bits per heavy atom. The summed E-state index contributed by atoms with van der Waals surface area (Å²) in [5, 5.41) is 0. The molecule has 0 unspecified atom stereocenters. The quantitative estimate of drug-likeness (QED) is 0.529. The lowest BCUT2D eigenvalue weighted by atomic mass is 9.98. The number of likely N-dealkylation sites (tertiary alicyclic amines) is 1. The van der Waals surface area contributed by atoms with Crippen LogP contribution >= 0.6 is 0 Å². The van der Waals surface area contributed by atoms with Crippen LogP contribution in [-0.4, -0.2) is 56.2 Å². The third kappa shape index (κ3) is 4.62. The molecule has 0 bridgehead atoms. The van der Waals surface area contributed by atoms with Gasteiger partial charge < -0.3 is 14.2 Å². The molecular formula is C27H32N2O5. The molecule has 7 nitrogen and oxygen atoms in total. The molecule has 1 saturated carbocycles. The van der Waals surface area contributed by atoms with Gasteiger partial charge in [0, 0.05) is 12.6 Å². The molecule has 1 saturated heterocycles. The molecule has 2 heterocycles. The lowest BCUT2D eigenvalue weighted by Crippen LogP contribution is -2.29. The van der Waals surface area contributed by atoms with Crippen LogP contribution in [0.5, 0.6) is 17.2 Å². The monoisotopic (exact) mass is 464 g/mol. The van der Waals surface area contributed by atoms with Gasteiger partial charge in [0.1, 0.15) is 12.4 Å². The highest BCUT2D eigenvalue weighted by molar-refractivity contribution is 6.34. The lowest BCUT2D eigenvalue weighted by Gasteiger charge is -2.23. The van der Waals surface area contributed by atoms with Crippen LogP contribution in [0.25, 0.3) is 0 Å². The van der Waals surface area contributed by atoms with Crippen molar-refractivity contribution in [2.75, 3.05) is 38.3 Å². The van der Waals surface area contributed by atoms with Crippen LogP contribution < -0.4 is 19.1 Å². The second-order valence-corrected chi connectivity index (χ2v) is 9.26. The molecule has 3 aliphatic rings. The van der Waals surface area contributed by atoms with Gasteiger partial charge in [0.15, 0.2) is 11.5 Å². The first-order valence-electron chi connectivity index (χ1n) is 12.4. The second-order valence-electron chi connectivity index (χ2n) is 9.26. The van der Waals surface area contributed by atoms with E-state index in [0.717, 1.165) is 32.5 Å². The van der Waals surface area contributed by atoms with Crippen LogP contribution in [0, 0.1) is 0 Å². The highest BCUT2D eigenvalue weighted by Crippen LogP contribution is 2.36. The van der Waals surface area contributed by atoms with E-state index < -0.39 is 0 Å². The van der Waals surface area contributed by atoms with Crippen molar-refractivity contribution in [2.24, 2.45) is 0 Å². The summed E-state index contributed by atoms with van der Waals surface area (Å²) in [5.41, 5.74) is 1.24. The Kier molecular flexibility index (Phi) is 6.72. The van der Waals surface area contributed by atoms with Crippen molar-refractivity contribution in [1.29, 1.82) is 0 Å². The number of hydrogen-bond donors (Lipinski definition) is 0. The number of ether oxygens (including phenoxy) is 3. The van der Waals surface area contributed by atoms with E-state index in [0.29, 0.717) is 40.7 Å². The van der Waals surface area contributed by atoms with Crippen molar-refractivity contribution in [3.05, 3.63) is 47.5 Å². The average Bonchev–Trinajstić information content (AvgIpc) is 3.46. The Bertz CT molecular complexity index is 1060. The number of fused-ring (bicyclic) bond motifs is 1. The number of rotatable bonds is 8. The van der Waals surface area contributed by atoms with E-state index in [1.54, 1.807) is 43.5 Å². The van der Waals surface area contributed by atoms with Gasteiger partial charge in [-0.05, 0) is 81.9 Å². The summed E-state index contributed by atoms with van der Waals surface area (Å²) in [7, 11) is 1.56. The van der Waals surface area contributed by atoms with E-state index in [9.17, 15) is 9.59 Å². The fraction of sp³-hybridized carbons (Fsp3) is 0.481. The summed E-state index contributed by atoms with van der Waals surface area (Å²) in [6.45, 7) is 3.67. The Labute approximate surface area is 200 Å². The third-order valence-corrected chi connectivity index (χ3v) is 6.98. The van der Waals surface area contributed by atoms with Gasteiger partial charge in [-0.3, -0.25) is 14.5 Å². The predicted octanol–water partition coefficient (Wildman–Crippen LogP) is 4.68. The SMILES string of the molecule is COc1cc(N2C(=O)c3ccc(OC4CCCCC4)cc3C2=O)ccc1OCCN1CCCC1. The smallest absolute Gasteiger partial charge is 0.266 e. The second kappa shape index (κ2) is 10.1. The van der Waals surface area contributed by atoms with Crippen molar-refractivity contribution >= 4 is 17.5 Å². The van der Waals surface area contributed by atoms with Crippen molar-refractivity contribution in [3.8, 4) is 17.2 Å². The average molecular weight is 465 g/mol. The number of hydrogen-bond acceptors (Lipinski definition) is 6. The molecule has 2 aromatic rings. The lowest BCUT2D eigenvalue weighted by molar-refractivity contribution is 0.0925. The number of imide groups is 1. The normalized spacial score (nSPS) is 18.9. The Balaban J connectivity index is 1.30. The van der Waals surface area contributed by atoms with Gasteiger partial charge in [0.25, 0.3) is 11.8 Å². The Morgan fingerprint density at radius 2 is 1.62 bits per heavy atom. The highest BCUT2D eigenvalue weighted by Gasteiger charge is 2.37. The predicted molar refractivity (Wildman–Crippen MR) is 129 cm³/mol. The maximum Gasteiger partial charge on any atom is 0.266 e. The maximum absolute atomic E-state index is 13.2. The number of methoxy groups -OCH3 is 1. The number of benzene rings is 2. The summed E-state index contributed by atoms with van der Waals surface area (Å²) < 4.78 is 17.6. The molecule has 0 N–H and O–H groups in total. The maximum atomic E-state index is 13.2. The van der Waals surface area contributed by atoms with Crippen molar-refractivity contribution in [3.63, 3.8) is 0 Å². The molecule has 2 aliphatic heterocycles. The number of nitrogens with zero attached hydrogens (tertiary/aromatic N) is 2. The number of amides is 2. The van der Waals surface area contributed by atoms with Crippen LogP contribution in [0.15, 0.2) is 36.4 Å². The fourth-order valence-corrected chi connectivity index (χ4v) is 5.11. The van der Waals surface area contributed by atoms with Crippen molar-refractivity contribution in [2.45, 2.75) is 51.0 Å². The molecule has 0 radical (unpaired) electrons. The molecular weight excluding hydrogens is 432 g/mol. The van der Waals surface area contributed by atoms with Gasteiger partial charge in [-0.25, -0.2) is 4.90 Å². The van der Waals surface area contributed by atoms with Gasteiger partial charge in [0.05, 0.1) is 30.0 Å². The minimum atomic E-state index is -0.348. The van der Waals surface area contributed by atoms with Gasteiger partial charge in [-0.1, -0.05) is 6.42 Å². The molecule has 0 aromatic heterocycles. The van der Waals surface area contributed by atoms with Crippen LogP contribution in [0.4, 0.5) is 5.69 Å². The van der Waals surface area contributed by atoms with E-state index >= 15 is 0 Å². The van der Waals surface area contributed by atoms with Crippen LogP contribution in [0.1, 0.15) is 65.7 Å².